The van der Waals surface area contributed by atoms with Crippen molar-refractivity contribution < 1.29 is 0 Å². The molecule has 1 heterocycles. The molecule has 0 bridgehead atoms. The van der Waals surface area contributed by atoms with Gasteiger partial charge in [-0.2, -0.15) is 0 Å². The van der Waals surface area contributed by atoms with E-state index in [0.717, 1.165) is 5.92 Å². The van der Waals surface area contributed by atoms with E-state index in [1.807, 2.05) is 0 Å². The highest BCUT2D eigenvalue weighted by molar-refractivity contribution is 4.95. The lowest BCUT2D eigenvalue weighted by Gasteiger charge is -2.44. The van der Waals surface area contributed by atoms with Crippen LogP contribution in [0.5, 0.6) is 0 Å². The summed E-state index contributed by atoms with van der Waals surface area (Å²) < 4.78 is 0. The van der Waals surface area contributed by atoms with Crippen molar-refractivity contribution in [3.05, 3.63) is 0 Å². The number of hydrogen-bond acceptors (Lipinski definition) is 2. The highest BCUT2D eigenvalue weighted by atomic mass is 15.2. The Hall–Kier alpha value is -0.0800. The van der Waals surface area contributed by atoms with Crippen LogP contribution in [0.2, 0.25) is 0 Å². The molecule has 82 valence electrons. The van der Waals surface area contributed by atoms with E-state index in [9.17, 15) is 0 Å². The van der Waals surface area contributed by atoms with Crippen molar-refractivity contribution in [3.63, 3.8) is 0 Å². The molecule has 0 amide bonds. The highest BCUT2D eigenvalue weighted by Gasteiger charge is 2.40. The zero-order valence-corrected chi connectivity index (χ0v) is 9.63. The summed E-state index contributed by atoms with van der Waals surface area (Å²) in [6.07, 6.45) is 5.25. The van der Waals surface area contributed by atoms with Crippen molar-refractivity contribution in [2.45, 2.75) is 45.6 Å². The fraction of sp³-hybridized carbons (Fsp3) is 1.00. The van der Waals surface area contributed by atoms with Gasteiger partial charge in [-0.05, 0) is 24.2 Å². The average Bonchev–Trinajstić information content (AvgIpc) is 2.40. The summed E-state index contributed by atoms with van der Waals surface area (Å²) in [5.74, 6) is 0.969. The van der Waals surface area contributed by atoms with Gasteiger partial charge in [-0.3, -0.25) is 0 Å². The number of nitrogens with two attached hydrogens (primary N) is 1. The minimum Gasteiger partial charge on any atom is -0.327 e. The van der Waals surface area contributed by atoms with E-state index in [4.69, 9.17) is 5.73 Å². The first kappa shape index (κ1) is 10.4. The second-order valence-corrected chi connectivity index (χ2v) is 5.62. The van der Waals surface area contributed by atoms with Gasteiger partial charge in [-0.15, -0.1) is 0 Å². The Kier molecular flexibility index (Phi) is 2.85. The van der Waals surface area contributed by atoms with Crippen molar-refractivity contribution >= 4 is 0 Å². The van der Waals surface area contributed by atoms with Gasteiger partial charge in [-0.25, -0.2) is 0 Å². The quantitative estimate of drug-likeness (QED) is 0.746. The lowest BCUT2D eigenvalue weighted by Crippen LogP contribution is -2.53. The van der Waals surface area contributed by atoms with Gasteiger partial charge in [0.2, 0.25) is 0 Å². The van der Waals surface area contributed by atoms with Crippen LogP contribution in [0.25, 0.3) is 0 Å². The molecule has 1 saturated heterocycles. The molecular formula is C12H24N2. The highest BCUT2D eigenvalue weighted by Crippen LogP contribution is 2.38. The summed E-state index contributed by atoms with van der Waals surface area (Å²) in [6.45, 7) is 8.55. The van der Waals surface area contributed by atoms with Crippen LogP contribution in [0.1, 0.15) is 39.5 Å². The van der Waals surface area contributed by atoms with E-state index < -0.39 is 0 Å². The molecule has 2 aliphatic rings. The average molecular weight is 196 g/mol. The third-order valence-corrected chi connectivity index (χ3v) is 4.35. The molecule has 0 aromatic carbocycles. The molecule has 2 rings (SSSR count). The first-order chi connectivity index (χ1) is 6.64. The lowest BCUT2D eigenvalue weighted by molar-refractivity contribution is 0.0471. The molecule has 1 saturated carbocycles. The molecule has 0 aromatic heterocycles. The van der Waals surface area contributed by atoms with Crippen molar-refractivity contribution in [1.82, 2.24) is 4.90 Å². The Bertz CT molecular complexity index is 198. The summed E-state index contributed by atoms with van der Waals surface area (Å²) in [4.78, 5) is 2.60. The Morgan fingerprint density at radius 3 is 2.64 bits per heavy atom. The monoisotopic (exact) mass is 196 g/mol. The molecule has 1 aliphatic carbocycles. The summed E-state index contributed by atoms with van der Waals surface area (Å²) in [5, 5.41) is 0. The normalized spacial score (nSPS) is 40.1. The minimum absolute atomic E-state index is 0.415. The number of hydrogen-bond donors (Lipinski definition) is 1. The molecule has 0 spiro atoms. The van der Waals surface area contributed by atoms with E-state index in [0.29, 0.717) is 11.5 Å². The molecule has 2 unspecified atom stereocenters. The van der Waals surface area contributed by atoms with Crippen molar-refractivity contribution in [3.8, 4) is 0 Å². The zero-order chi connectivity index (χ0) is 10.2. The van der Waals surface area contributed by atoms with E-state index in [1.165, 1.54) is 45.3 Å². The Morgan fingerprint density at radius 2 is 2.14 bits per heavy atom. The Labute approximate surface area is 87.8 Å². The molecular weight excluding hydrogens is 172 g/mol. The standard InChI is InChI=1S/C12H24N2/c1-3-10-7-14(8-10)9-12(2)6-4-5-11(12)13/h10-11H,3-9,13H2,1-2H3. The first-order valence-electron chi connectivity index (χ1n) is 6.12. The third kappa shape index (κ3) is 1.82. The van der Waals surface area contributed by atoms with Crippen LogP contribution in [0, 0.1) is 11.3 Å². The van der Waals surface area contributed by atoms with Crippen LogP contribution in [0.3, 0.4) is 0 Å². The number of nitrogens with zero attached hydrogens (tertiary/aromatic N) is 1. The Morgan fingerprint density at radius 1 is 1.43 bits per heavy atom. The van der Waals surface area contributed by atoms with Gasteiger partial charge < -0.3 is 10.6 Å². The first-order valence-corrected chi connectivity index (χ1v) is 6.12. The van der Waals surface area contributed by atoms with Crippen molar-refractivity contribution in [1.29, 1.82) is 0 Å². The van der Waals surface area contributed by atoms with Gasteiger partial charge in [0, 0.05) is 25.7 Å². The zero-order valence-electron chi connectivity index (χ0n) is 9.63. The second kappa shape index (κ2) is 3.82. The van der Waals surface area contributed by atoms with E-state index in [2.05, 4.69) is 18.7 Å². The van der Waals surface area contributed by atoms with Gasteiger partial charge in [-0.1, -0.05) is 26.7 Å². The predicted molar refractivity (Wildman–Crippen MR) is 60.2 cm³/mol. The van der Waals surface area contributed by atoms with E-state index >= 15 is 0 Å². The molecule has 2 nitrogen and oxygen atoms in total. The van der Waals surface area contributed by atoms with Crippen LogP contribution in [-0.4, -0.2) is 30.6 Å². The van der Waals surface area contributed by atoms with Crippen molar-refractivity contribution in [2.24, 2.45) is 17.1 Å². The van der Waals surface area contributed by atoms with Crippen LogP contribution in [0.4, 0.5) is 0 Å². The molecule has 2 fully saturated rings. The molecule has 1 aliphatic heterocycles. The fourth-order valence-corrected chi connectivity index (χ4v) is 3.03. The van der Waals surface area contributed by atoms with Gasteiger partial charge in [0.1, 0.15) is 0 Å². The van der Waals surface area contributed by atoms with Gasteiger partial charge in [0.25, 0.3) is 0 Å². The molecule has 14 heavy (non-hydrogen) atoms. The summed E-state index contributed by atoms with van der Waals surface area (Å²) in [5.41, 5.74) is 6.60. The SMILES string of the molecule is CCC1CN(CC2(C)CCCC2N)C1. The van der Waals surface area contributed by atoms with Crippen LogP contribution in [-0.2, 0) is 0 Å². The number of likely N-dealkylation sites (tertiary alicyclic amines) is 1. The smallest absolute Gasteiger partial charge is 0.0105 e. The summed E-state index contributed by atoms with van der Waals surface area (Å²) in [6, 6.07) is 0.447. The number of rotatable bonds is 3. The van der Waals surface area contributed by atoms with Gasteiger partial charge >= 0.3 is 0 Å². The van der Waals surface area contributed by atoms with Crippen LogP contribution in [0.15, 0.2) is 0 Å². The maximum Gasteiger partial charge on any atom is 0.0105 e. The minimum atomic E-state index is 0.415. The van der Waals surface area contributed by atoms with Crippen LogP contribution >= 0.6 is 0 Å². The largest absolute Gasteiger partial charge is 0.327 e. The van der Waals surface area contributed by atoms with E-state index in [1.54, 1.807) is 0 Å². The van der Waals surface area contributed by atoms with Gasteiger partial charge in [0.05, 0.1) is 0 Å². The topological polar surface area (TPSA) is 29.3 Å². The summed E-state index contributed by atoms with van der Waals surface area (Å²) in [7, 11) is 0. The third-order valence-electron chi connectivity index (χ3n) is 4.35. The predicted octanol–water partition coefficient (Wildman–Crippen LogP) is 1.85. The van der Waals surface area contributed by atoms with Crippen molar-refractivity contribution in [2.75, 3.05) is 19.6 Å². The maximum absolute atomic E-state index is 6.18. The molecule has 2 atom stereocenters. The van der Waals surface area contributed by atoms with Gasteiger partial charge in [0.15, 0.2) is 0 Å². The fourth-order valence-electron chi connectivity index (χ4n) is 3.03. The molecule has 0 radical (unpaired) electrons. The van der Waals surface area contributed by atoms with E-state index in [-0.39, 0.29) is 0 Å². The molecule has 0 aromatic rings. The summed E-state index contributed by atoms with van der Waals surface area (Å²) >= 11 is 0. The second-order valence-electron chi connectivity index (χ2n) is 5.62. The molecule has 2 heteroatoms. The van der Waals surface area contributed by atoms with Crippen LogP contribution < -0.4 is 5.73 Å². The Balaban J connectivity index is 1.80. The molecule has 2 N–H and O–H groups in total. The maximum atomic E-state index is 6.18. The lowest BCUT2D eigenvalue weighted by atomic mass is 9.82.